The highest BCUT2D eigenvalue weighted by molar-refractivity contribution is 4.72. The zero-order chi connectivity index (χ0) is 9.07. The summed E-state index contributed by atoms with van der Waals surface area (Å²) in [7, 11) is 0. The Bertz CT molecular complexity index is 135. The highest BCUT2D eigenvalue weighted by Crippen LogP contribution is 2.26. The fraction of sp³-hybridized carbons (Fsp3) is 0.600. The summed E-state index contributed by atoms with van der Waals surface area (Å²) in [4.78, 5) is 0. The lowest BCUT2D eigenvalue weighted by Crippen LogP contribution is -2.32. The van der Waals surface area contributed by atoms with Crippen LogP contribution in [0, 0.1) is 0 Å². The van der Waals surface area contributed by atoms with Crippen molar-refractivity contribution in [3.63, 3.8) is 0 Å². The molecule has 0 saturated heterocycles. The quantitative estimate of drug-likeness (QED) is 0.471. The lowest BCUT2D eigenvalue weighted by atomic mass is 10.6. The number of ether oxygens (including phenoxy) is 1. The summed E-state index contributed by atoms with van der Waals surface area (Å²) in [5.74, 6) is 0. The topological polar surface area (TPSA) is 9.23 Å². The molecule has 0 radical (unpaired) electrons. The van der Waals surface area contributed by atoms with Gasteiger partial charge in [0.25, 0.3) is 0 Å². The highest BCUT2D eigenvalue weighted by Gasteiger charge is 2.44. The van der Waals surface area contributed by atoms with Gasteiger partial charge in [0, 0.05) is 0 Å². The maximum Gasteiger partial charge on any atom is 0.419 e. The highest BCUT2D eigenvalue weighted by atomic mass is 19.3. The van der Waals surface area contributed by atoms with Gasteiger partial charge in [0.15, 0.2) is 0 Å². The molecule has 0 amide bonds. The lowest BCUT2D eigenvalue weighted by molar-refractivity contribution is -0.327. The standard InChI is InChI=1S/C5H5F5O/c1-2-3(6)11-5(9,10)4(7)8/h2-4H,1H2. The summed E-state index contributed by atoms with van der Waals surface area (Å²) >= 11 is 0. The first kappa shape index (κ1) is 10.3. The number of alkyl halides is 5. The first-order chi connectivity index (χ1) is 4.90. The smallest absolute Gasteiger partial charge is 0.277 e. The van der Waals surface area contributed by atoms with Crippen molar-refractivity contribution >= 4 is 0 Å². The Morgan fingerprint density at radius 3 is 2.00 bits per heavy atom. The second-order valence-corrected chi connectivity index (χ2v) is 1.57. The molecule has 0 N–H and O–H groups in total. The van der Waals surface area contributed by atoms with Gasteiger partial charge in [-0.1, -0.05) is 6.58 Å². The summed E-state index contributed by atoms with van der Waals surface area (Å²) in [5, 5.41) is 0. The molecule has 0 rings (SSSR count). The minimum absolute atomic E-state index is 0.344. The van der Waals surface area contributed by atoms with Crippen LogP contribution in [0.2, 0.25) is 0 Å². The van der Waals surface area contributed by atoms with Gasteiger partial charge >= 0.3 is 12.5 Å². The summed E-state index contributed by atoms with van der Waals surface area (Å²) in [6.07, 6.45) is -11.0. The van der Waals surface area contributed by atoms with Crippen LogP contribution < -0.4 is 0 Å². The molecular formula is C5H5F5O. The Balaban J connectivity index is 4.00. The molecule has 0 aliphatic heterocycles. The van der Waals surface area contributed by atoms with Gasteiger partial charge in [-0.3, -0.25) is 4.74 Å². The molecule has 0 spiro atoms. The summed E-state index contributed by atoms with van der Waals surface area (Å²) in [6, 6.07) is 0. The molecule has 0 aromatic carbocycles. The molecule has 0 fully saturated rings. The van der Waals surface area contributed by atoms with E-state index in [1.807, 2.05) is 0 Å². The van der Waals surface area contributed by atoms with E-state index in [1.165, 1.54) is 0 Å². The molecule has 6 heteroatoms. The van der Waals surface area contributed by atoms with E-state index in [4.69, 9.17) is 0 Å². The van der Waals surface area contributed by atoms with Gasteiger partial charge in [-0.15, -0.1) is 0 Å². The molecule has 11 heavy (non-hydrogen) atoms. The molecule has 1 atom stereocenters. The first-order valence-corrected chi connectivity index (χ1v) is 2.50. The fourth-order valence-electron chi connectivity index (χ4n) is 0.250. The second-order valence-electron chi connectivity index (χ2n) is 1.57. The maximum atomic E-state index is 11.8. The average molecular weight is 176 g/mol. The van der Waals surface area contributed by atoms with Crippen molar-refractivity contribution in [2.75, 3.05) is 0 Å². The van der Waals surface area contributed by atoms with E-state index in [9.17, 15) is 22.0 Å². The molecular weight excluding hydrogens is 171 g/mol. The van der Waals surface area contributed by atoms with Crippen LogP contribution in [-0.4, -0.2) is 18.9 Å². The zero-order valence-corrected chi connectivity index (χ0v) is 5.24. The van der Waals surface area contributed by atoms with Crippen LogP contribution in [0.1, 0.15) is 0 Å². The summed E-state index contributed by atoms with van der Waals surface area (Å²) < 4.78 is 60.7. The largest absolute Gasteiger partial charge is 0.419 e. The summed E-state index contributed by atoms with van der Waals surface area (Å²) in [5.41, 5.74) is 0. The Labute approximate surface area is 59.5 Å². The SMILES string of the molecule is C=CC(F)OC(F)(F)C(F)F. The molecule has 0 heterocycles. The van der Waals surface area contributed by atoms with Crippen molar-refractivity contribution in [1.82, 2.24) is 0 Å². The van der Waals surface area contributed by atoms with Gasteiger partial charge in [0.1, 0.15) is 0 Å². The first-order valence-electron chi connectivity index (χ1n) is 2.50. The molecule has 1 nitrogen and oxygen atoms in total. The van der Waals surface area contributed by atoms with E-state index in [2.05, 4.69) is 11.3 Å². The van der Waals surface area contributed by atoms with Crippen molar-refractivity contribution < 1.29 is 26.7 Å². The van der Waals surface area contributed by atoms with Crippen LogP contribution in [0.25, 0.3) is 0 Å². The molecule has 0 aliphatic carbocycles. The van der Waals surface area contributed by atoms with Crippen LogP contribution in [-0.2, 0) is 4.74 Å². The Morgan fingerprint density at radius 1 is 1.27 bits per heavy atom. The molecule has 1 unspecified atom stereocenters. The maximum absolute atomic E-state index is 11.8. The van der Waals surface area contributed by atoms with E-state index >= 15 is 0 Å². The van der Waals surface area contributed by atoms with Gasteiger partial charge < -0.3 is 0 Å². The van der Waals surface area contributed by atoms with Crippen molar-refractivity contribution in [2.45, 2.75) is 18.9 Å². The fourth-order valence-corrected chi connectivity index (χ4v) is 0.250. The van der Waals surface area contributed by atoms with Gasteiger partial charge in [-0.05, 0) is 6.08 Å². The minimum atomic E-state index is -4.76. The van der Waals surface area contributed by atoms with Crippen LogP contribution in [0.15, 0.2) is 12.7 Å². The third-order valence-electron chi connectivity index (χ3n) is 0.709. The Morgan fingerprint density at radius 2 is 1.73 bits per heavy atom. The van der Waals surface area contributed by atoms with Crippen molar-refractivity contribution in [3.05, 3.63) is 12.7 Å². The monoisotopic (exact) mass is 176 g/mol. The van der Waals surface area contributed by atoms with E-state index in [-0.39, 0.29) is 0 Å². The van der Waals surface area contributed by atoms with Gasteiger partial charge in [0.2, 0.25) is 6.36 Å². The molecule has 0 aromatic heterocycles. The number of hydrogen-bond acceptors (Lipinski definition) is 1. The van der Waals surface area contributed by atoms with Crippen molar-refractivity contribution in [2.24, 2.45) is 0 Å². The molecule has 0 saturated carbocycles. The Hall–Kier alpha value is -0.650. The van der Waals surface area contributed by atoms with Gasteiger partial charge in [-0.25, -0.2) is 13.2 Å². The van der Waals surface area contributed by atoms with E-state index in [1.54, 1.807) is 0 Å². The number of halogens is 5. The normalized spacial score (nSPS) is 15.1. The number of rotatable bonds is 4. The molecule has 0 aromatic rings. The average Bonchev–Trinajstić information content (AvgIpc) is 1.86. The van der Waals surface area contributed by atoms with Crippen LogP contribution in [0.4, 0.5) is 22.0 Å². The van der Waals surface area contributed by atoms with Crippen LogP contribution in [0.5, 0.6) is 0 Å². The minimum Gasteiger partial charge on any atom is -0.277 e. The predicted molar refractivity (Wildman–Crippen MR) is 27.1 cm³/mol. The summed E-state index contributed by atoms with van der Waals surface area (Å²) in [6.45, 7) is 2.73. The zero-order valence-electron chi connectivity index (χ0n) is 5.24. The van der Waals surface area contributed by atoms with E-state index in [0.29, 0.717) is 6.08 Å². The molecule has 66 valence electrons. The van der Waals surface area contributed by atoms with Crippen molar-refractivity contribution in [1.29, 1.82) is 0 Å². The second kappa shape index (κ2) is 3.66. The van der Waals surface area contributed by atoms with Crippen LogP contribution in [0.3, 0.4) is 0 Å². The Kier molecular flexibility index (Phi) is 3.44. The number of hydrogen-bond donors (Lipinski definition) is 0. The van der Waals surface area contributed by atoms with Crippen LogP contribution >= 0.6 is 0 Å². The lowest BCUT2D eigenvalue weighted by Gasteiger charge is -2.16. The predicted octanol–water partition coefficient (Wildman–Crippen LogP) is 2.34. The third kappa shape index (κ3) is 3.31. The van der Waals surface area contributed by atoms with E-state index in [0.717, 1.165) is 0 Å². The van der Waals surface area contributed by atoms with Gasteiger partial charge in [0.05, 0.1) is 0 Å². The molecule has 0 aliphatic rings. The third-order valence-corrected chi connectivity index (χ3v) is 0.709. The van der Waals surface area contributed by atoms with Crippen molar-refractivity contribution in [3.8, 4) is 0 Å². The van der Waals surface area contributed by atoms with Gasteiger partial charge in [-0.2, -0.15) is 8.78 Å². The molecule has 0 bridgehead atoms. The van der Waals surface area contributed by atoms with E-state index < -0.39 is 18.9 Å².